The summed E-state index contributed by atoms with van der Waals surface area (Å²) in [4.78, 5) is 32.7. The van der Waals surface area contributed by atoms with Gasteiger partial charge in [0.1, 0.15) is 5.75 Å². The van der Waals surface area contributed by atoms with Crippen LogP contribution in [0.1, 0.15) is 117 Å². The summed E-state index contributed by atoms with van der Waals surface area (Å²) in [5.41, 5.74) is 8.77. The maximum atomic E-state index is 14.9. The number of methoxy groups -OCH3 is 1. The molecule has 1 N–H and O–H groups in total. The van der Waals surface area contributed by atoms with Gasteiger partial charge in [-0.15, -0.1) is 0 Å². The van der Waals surface area contributed by atoms with Gasteiger partial charge in [-0.3, -0.25) is 23.9 Å². The lowest BCUT2D eigenvalue weighted by Gasteiger charge is -2.33. The summed E-state index contributed by atoms with van der Waals surface area (Å²) in [5, 5.41) is 5.46. The Morgan fingerprint density at radius 3 is 2.47 bits per heavy atom. The van der Waals surface area contributed by atoms with Crippen molar-refractivity contribution < 1.29 is 27.5 Å². The van der Waals surface area contributed by atoms with Crippen LogP contribution in [0.15, 0.2) is 42.6 Å². The molecule has 0 unspecified atom stereocenters. The molecule has 3 saturated heterocycles. The van der Waals surface area contributed by atoms with E-state index in [4.69, 9.17) is 14.6 Å². The lowest BCUT2D eigenvalue weighted by Crippen LogP contribution is -2.48. The first-order valence-corrected chi connectivity index (χ1v) is 22.9. The second kappa shape index (κ2) is 15.6. The van der Waals surface area contributed by atoms with Gasteiger partial charge in [-0.05, 0) is 111 Å². The van der Waals surface area contributed by atoms with Crippen molar-refractivity contribution in [2.75, 3.05) is 40.0 Å². The molecule has 2 amide bonds. The van der Waals surface area contributed by atoms with E-state index in [1.54, 1.807) is 27.2 Å². The molecule has 2 atom stereocenters. The predicted molar refractivity (Wildman–Crippen MR) is 225 cm³/mol. The summed E-state index contributed by atoms with van der Waals surface area (Å²) in [6, 6.07) is 13.1. The summed E-state index contributed by atoms with van der Waals surface area (Å²) in [6.07, 6.45) is 12.4. The number of likely N-dealkylation sites (N-methyl/N-ethyl adjacent to an activating group) is 1. The minimum absolute atomic E-state index is 0.0395. The zero-order valence-corrected chi connectivity index (χ0v) is 35.0. The summed E-state index contributed by atoms with van der Waals surface area (Å²) < 4.78 is 43.7. The van der Waals surface area contributed by atoms with E-state index in [2.05, 4.69) is 61.0 Å². The number of nitrogens with zero attached hydrogens (tertiary/aromatic N) is 5. The van der Waals surface area contributed by atoms with Crippen LogP contribution in [-0.2, 0) is 32.5 Å². The summed E-state index contributed by atoms with van der Waals surface area (Å²) in [5.74, 6) is 0.596. The second-order valence-corrected chi connectivity index (χ2v) is 19.5. The number of sulfonamides is 1. The molecule has 0 radical (unpaired) electrons. The average Bonchev–Trinajstić information content (AvgIpc) is 4.01. The van der Waals surface area contributed by atoms with Crippen LogP contribution in [0.3, 0.4) is 0 Å². The number of carbonyl (C=O) groups is 2. The van der Waals surface area contributed by atoms with Gasteiger partial charge in [0.15, 0.2) is 0 Å². The molecule has 4 aromatic rings. The van der Waals surface area contributed by atoms with Crippen LogP contribution in [0.2, 0.25) is 0 Å². The molecular weight excluding hydrogens is 753 g/mol. The van der Waals surface area contributed by atoms with E-state index in [-0.39, 0.29) is 24.4 Å². The zero-order valence-electron chi connectivity index (χ0n) is 34.2. The fourth-order valence-electron chi connectivity index (χ4n) is 10.4. The minimum atomic E-state index is -3.77. The van der Waals surface area contributed by atoms with Gasteiger partial charge >= 0.3 is 0 Å². The van der Waals surface area contributed by atoms with Crippen LogP contribution in [-0.4, -0.2) is 102 Å². The molecule has 1 saturated carbocycles. The van der Waals surface area contributed by atoms with Gasteiger partial charge in [0.25, 0.3) is 5.91 Å². The van der Waals surface area contributed by atoms with E-state index in [0.717, 1.165) is 102 Å². The molecule has 2 aromatic carbocycles. The number of ether oxygens (including phenoxy) is 2. The highest BCUT2D eigenvalue weighted by Gasteiger charge is 2.46. The highest BCUT2D eigenvalue weighted by atomic mass is 32.2. The minimum Gasteiger partial charge on any atom is -0.497 e. The van der Waals surface area contributed by atoms with Crippen LogP contribution < -0.4 is 9.46 Å². The number of amides is 2. The molecule has 2 bridgehead atoms. The third kappa shape index (κ3) is 6.96. The fraction of sp³-hybridized carbons (Fsp3) is 0.533. The summed E-state index contributed by atoms with van der Waals surface area (Å²) >= 11 is 0. The van der Waals surface area contributed by atoms with Gasteiger partial charge in [-0.2, -0.15) is 5.10 Å². The molecule has 9 rings (SSSR count). The average molecular weight is 809 g/mol. The van der Waals surface area contributed by atoms with Crippen molar-refractivity contribution in [1.82, 2.24) is 28.9 Å². The van der Waals surface area contributed by atoms with Crippen molar-refractivity contribution in [3.63, 3.8) is 0 Å². The van der Waals surface area contributed by atoms with E-state index in [9.17, 15) is 18.0 Å². The van der Waals surface area contributed by atoms with Crippen molar-refractivity contribution in [2.24, 2.45) is 0 Å². The first-order chi connectivity index (χ1) is 28.0. The monoisotopic (exact) mass is 808 g/mol. The molecule has 5 aliphatic rings. The van der Waals surface area contributed by atoms with E-state index >= 15 is 0 Å². The third-order valence-corrected chi connectivity index (χ3v) is 15.2. The fourth-order valence-corrected chi connectivity index (χ4v) is 11.0. The number of benzene rings is 2. The van der Waals surface area contributed by atoms with Crippen molar-refractivity contribution in [1.29, 1.82) is 0 Å². The smallest absolute Gasteiger partial charge is 0.258 e. The Bertz CT molecular complexity index is 2380. The Balaban J connectivity index is 1.22. The van der Waals surface area contributed by atoms with Gasteiger partial charge in [0, 0.05) is 54.9 Å². The number of rotatable bonds is 10. The first-order valence-electron chi connectivity index (χ1n) is 21.3. The Labute approximate surface area is 341 Å². The molecule has 4 fully saturated rings. The van der Waals surface area contributed by atoms with Gasteiger partial charge in [-0.25, -0.2) is 8.42 Å². The molecule has 2 aromatic heterocycles. The molecule has 58 heavy (non-hydrogen) atoms. The van der Waals surface area contributed by atoms with E-state index in [0.29, 0.717) is 37.3 Å². The van der Waals surface area contributed by atoms with Crippen LogP contribution in [0.4, 0.5) is 0 Å². The highest BCUT2D eigenvalue weighted by molar-refractivity contribution is 7.90. The van der Waals surface area contributed by atoms with Gasteiger partial charge < -0.3 is 18.9 Å². The SMILES string of the molecule is CCN1C[C@@H]2C[C@H]1CN2C(=O)c1cnn(C2CCOCC2)c1C1=Cc2cc(OC)ccc2-c2c(C3CCCCC3)c3ccc(CC(=O)NS(=O)(=O)C(C)C)cc3n2C1. The molecule has 1 aliphatic carbocycles. The van der Waals surface area contributed by atoms with E-state index in [1.807, 2.05) is 12.1 Å². The number of likely N-dealkylation sites (tertiary alicyclic amines) is 2. The van der Waals surface area contributed by atoms with Crippen molar-refractivity contribution in [3.05, 3.63) is 70.5 Å². The van der Waals surface area contributed by atoms with Crippen LogP contribution >= 0.6 is 0 Å². The largest absolute Gasteiger partial charge is 0.497 e. The molecule has 4 aliphatic heterocycles. The summed E-state index contributed by atoms with van der Waals surface area (Å²) in [6.45, 7) is 9.69. The number of hydrogen-bond acceptors (Lipinski definition) is 8. The predicted octanol–water partition coefficient (Wildman–Crippen LogP) is 6.78. The van der Waals surface area contributed by atoms with Crippen molar-refractivity contribution >= 4 is 44.4 Å². The Hall–Kier alpha value is -4.46. The summed E-state index contributed by atoms with van der Waals surface area (Å²) in [7, 11) is -2.08. The van der Waals surface area contributed by atoms with Crippen LogP contribution in [0, 0.1) is 0 Å². The molecule has 12 nitrogen and oxygen atoms in total. The molecule has 6 heterocycles. The van der Waals surface area contributed by atoms with Crippen molar-refractivity contribution in [2.45, 2.75) is 114 Å². The Morgan fingerprint density at radius 1 is 0.966 bits per heavy atom. The lowest BCUT2D eigenvalue weighted by molar-refractivity contribution is -0.118. The maximum absolute atomic E-state index is 14.9. The normalized spacial score (nSPS) is 21.6. The molecular formula is C45H56N6O6S. The van der Waals surface area contributed by atoms with Crippen LogP contribution in [0.25, 0.3) is 33.8 Å². The third-order valence-electron chi connectivity index (χ3n) is 13.5. The lowest BCUT2D eigenvalue weighted by atomic mass is 9.81. The number of carbonyl (C=O) groups excluding carboxylic acids is 2. The number of nitrogens with one attached hydrogen (secondary N) is 1. The molecule has 0 spiro atoms. The maximum Gasteiger partial charge on any atom is 0.258 e. The number of allylic oxidation sites excluding steroid dienone is 1. The zero-order chi connectivity index (χ0) is 40.3. The van der Waals surface area contributed by atoms with Gasteiger partial charge in [-0.1, -0.05) is 38.3 Å². The number of hydrogen-bond donors (Lipinski definition) is 1. The quantitative estimate of drug-likeness (QED) is 0.186. The first kappa shape index (κ1) is 39.0. The van der Waals surface area contributed by atoms with E-state index < -0.39 is 21.2 Å². The highest BCUT2D eigenvalue weighted by Crippen LogP contribution is 2.48. The molecule has 13 heteroatoms. The van der Waals surface area contributed by atoms with Gasteiger partial charge in [0.05, 0.1) is 54.5 Å². The van der Waals surface area contributed by atoms with Gasteiger partial charge in [0.2, 0.25) is 15.9 Å². The van der Waals surface area contributed by atoms with Crippen molar-refractivity contribution in [3.8, 4) is 17.0 Å². The van der Waals surface area contributed by atoms with Crippen LogP contribution in [0.5, 0.6) is 5.75 Å². The standard InChI is InChI=1S/C45H56N6O6S/c1-5-48-26-35-23-34(48)27-49(35)45(53)39-24-46-51(33-15-17-57-18-16-33)43(39)32-21-31-22-36(56-4)12-14-37(31)44-42(30-9-7-6-8-10-30)38-13-11-29(19-40(38)50(44)25-32)20-41(52)47-58(54,55)28(2)3/h11-14,19,21-22,24,28,30,33-35H,5-10,15-18,20,23,25-27H2,1-4H3,(H,47,52)/t34-,35-/m0/s1. The Kier molecular flexibility index (Phi) is 10.5. The van der Waals surface area contributed by atoms with E-state index in [1.165, 1.54) is 24.8 Å². The number of fused-ring (bicyclic) bond motifs is 7. The number of aromatic nitrogens is 3. The number of piperazine rings is 1. The second-order valence-electron chi connectivity index (χ2n) is 17.2. The molecule has 308 valence electrons. The topological polar surface area (TPSA) is 128 Å². The Morgan fingerprint density at radius 2 is 1.76 bits per heavy atom.